The largest absolute Gasteiger partial charge is 0.494 e. The van der Waals surface area contributed by atoms with Gasteiger partial charge in [0, 0.05) is 12.1 Å². The standard InChI is InChI=1S/C20H31NO2/c1-4-7-15-22-19-12-10-18(11-13-19)20(17-8-9-17)23-16-14-21(5-2)6-3/h10-13H,4-9,14-16H2,1-3H3. The van der Waals surface area contributed by atoms with E-state index in [1.165, 1.54) is 24.0 Å². The maximum atomic E-state index is 6.12. The molecule has 1 aromatic carbocycles. The molecule has 0 unspecified atom stereocenters. The summed E-state index contributed by atoms with van der Waals surface area (Å²) in [6.07, 6.45) is 4.62. The Morgan fingerprint density at radius 3 is 2.26 bits per heavy atom. The molecular formula is C20H31NO2. The molecule has 0 saturated heterocycles. The predicted octanol–water partition coefficient (Wildman–Crippen LogP) is 4.73. The Morgan fingerprint density at radius 1 is 1.00 bits per heavy atom. The van der Waals surface area contributed by atoms with Gasteiger partial charge in [0.25, 0.3) is 0 Å². The third-order valence-electron chi connectivity index (χ3n) is 4.25. The van der Waals surface area contributed by atoms with Gasteiger partial charge in [-0.1, -0.05) is 27.2 Å². The van der Waals surface area contributed by atoms with Crippen molar-refractivity contribution in [2.45, 2.75) is 46.5 Å². The minimum absolute atomic E-state index is 0.759. The summed E-state index contributed by atoms with van der Waals surface area (Å²) in [6.45, 7) is 11.3. The van der Waals surface area contributed by atoms with E-state index in [1.807, 2.05) is 0 Å². The summed E-state index contributed by atoms with van der Waals surface area (Å²) in [7, 11) is 0. The molecule has 1 aliphatic carbocycles. The van der Waals surface area contributed by atoms with Crippen LogP contribution in [0.5, 0.6) is 5.75 Å². The Morgan fingerprint density at radius 2 is 1.70 bits per heavy atom. The Labute approximate surface area is 141 Å². The van der Waals surface area contributed by atoms with Crippen LogP contribution < -0.4 is 4.74 Å². The Balaban J connectivity index is 1.90. The number of hydrogen-bond acceptors (Lipinski definition) is 3. The van der Waals surface area contributed by atoms with Crippen molar-refractivity contribution in [3.05, 3.63) is 35.4 Å². The smallest absolute Gasteiger partial charge is 0.125 e. The molecule has 1 aliphatic rings. The fraction of sp³-hybridized carbons (Fsp3) is 0.600. The van der Waals surface area contributed by atoms with Crippen LogP contribution in [0.25, 0.3) is 5.76 Å². The van der Waals surface area contributed by atoms with Crippen LogP contribution in [0.15, 0.2) is 29.8 Å². The first kappa shape index (κ1) is 17.9. The summed E-state index contributed by atoms with van der Waals surface area (Å²) in [6, 6.07) is 8.36. The van der Waals surface area contributed by atoms with E-state index in [0.29, 0.717) is 0 Å². The van der Waals surface area contributed by atoms with Crippen molar-refractivity contribution in [2.75, 3.05) is 32.8 Å². The molecule has 23 heavy (non-hydrogen) atoms. The highest BCUT2D eigenvalue weighted by Gasteiger charge is 2.20. The molecule has 0 heterocycles. The van der Waals surface area contributed by atoms with Crippen LogP contribution in [0.4, 0.5) is 0 Å². The number of unbranched alkanes of at least 4 members (excludes halogenated alkanes) is 1. The van der Waals surface area contributed by atoms with Gasteiger partial charge in [-0.25, -0.2) is 0 Å². The van der Waals surface area contributed by atoms with E-state index in [2.05, 4.69) is 49.9 Å². The summed E-state index contributed by atoms with van der Waals surface area (Å²) in [5, 5.41) is 0. The van der Waals surface area contributed by atoms with Crippen molar-refractivity contribution in [1.82, 2.24) is 4.90 Å². The molecule has 0 atom stereocenters. The second-order valence-electron chi connectivity index (χ2n) is 6.03. The van der Waals surface area contributed by atoms with E-state index < -0.39 is 0 Å². The highest BCUT2D eigenvalue weighted by molar-refractivity contribution is 5.66. The van der Waals surface area contributed by atoms with E-state index >= 15 is 0 Å². The second-order valence-corrected chi connectivity index (χ2v) is 6.03. The number of nitrogens with zero attached hydrogens (tertiary/aromatic N) is 1. The zero-order chi connectivity index (χ0) is 16.5. The molecule has 1 saturated carbocycles. The van der Waals surface area contributed by atoms with E-state index in [9.17, 15) is 0 Å². The van der Waals surface area contributed by atoms with Crippen molar-refractivity contribution in [3.63, 3.8) is 0 Å². The van der Waals surface area contributed by atoms with Crippen molar-refractivity contribution < 1.29 is 9.47 Å². The van der Waals surface area contributed by atoms with Crippen molar-refractivity contribution >= 4 is 5.76 Å². The summed E-state index contributed by atoms with van der Waals surface area (Å²) >= 11 is 0. The molecule has 1 aromatic rings. The molecule has 0 radical (unpaired) electrons. The lowest BCUT2D eigenvalue weighted by atomic mass is 10.1. The molecule has 3 nitrogen and oxygen atoms in total. The first-order chi connectivity index (χ1) is 11.3. The maximum absolute atomic E-state index is 6.12. The Kier molecular flexibility index (Phi) is 7.47. The third-order valence-corrected chi connectivity index (χ3v) is 4.25. The number of likely N-dealkylation sites (N-methyl/N-ethyl adjacent to an activating group) is 1. The van der Waals surface area contributed by atoms with Crippen LogP contribution >= 0.6 is 0 Å². The van der Waals surface area contributed by atoms with E-state index in [-0.39, 0.29) is 0 Å². The molecule has 1 fully saturated rings. The van der Waals surface area contributed by atoms with Crippen LogP contribution in [0, 0.1) is 0 Å². The van der Waals surface area contributed by atoms with Gasteiger partial charge in [-0.05, 0) is 62.2 Å². The molecule has 0 aromatic heterocycles. The van der Waals surface area contributed by atoms with Gasteiger partial charge < -0.3 is 14.4 Å². The lowest BCUT2D eigenvalue weighted by Crippen LogP contribution is -2.26. The van der Waals surface area contributed by atoms with Gasteiger partial charge >= 0.3 is 0 Å². The lowest BCUT2D eigenvalue weighted by Gasteiger charge is -2.19. The van der Waals surface area contributed by atoms with Crippen molar-refractivity contribution in [1.29, 1.82) is 0 Å². The highest BCUT2D eigenvalue weighted by atomic mass is 16.5. The number of rotatable bonds is 11. The van der Waals surface area contributed by atoms with Gasteiger partial charge in [-0.3, -0.25) is 0 Å². The van der Waals surface area contributed by atoms with E-state index in [4.69, 9.17) is 9.47 Å². The van der Waals surface area contributed by atoms with Gasteiger partial charge in [0.05, 0.1) is 6.61 Å². The minimum Gasteiger partial charge on any atom is -0.494 e. The number of allylic oxidation sites excluding steroid dienone is 1. The topological polar surface area (TPSA) is 21.7 Å². The number of benzene rings is 1. The van der Waals surface area contributed by atoms with Gasteiger partial charge in [0.15, 0.2) is 0 Å². The van der Waals surface area contributed by atoms with Crippen LogP contribution in [-0.4, -0.2) is 37.7 Å². The van der Waals surface area contributed by atoms with Gasteiger partial charge in [-0.2, -0.15) is 0 Å². The van der Waals surface area contributed by atoms with E-state index in [0.717, 1.165) is 57.2 Å². The molecule has 0 spiro atoms. The normalized spacial score (nSPS) is 13.3. The van der Waals surface area contributed by atoms with Gasteiger partial charge in [-0.15, -0.1) is 0 Å². The molecule has 0 N–H and O–H groups in total. The summed E-state index contributed by atoms with van der Waals surface area (Å²) in [5.74, 6) is 2.04. The van der Waals surface area contributed by atoms with Gasteiger partial charge in [0.2, 0.25) is 0 Å². The Hall–Kier alpha value is -1.48. The molecule has 0 aliphatic heterocycles. The van der Waals surface area contributed by atoms with Gasteiger partial charge in [0.1, 0.15) is 18.1 Å². The number of hydrogen-bond donors (Lipinski definition) is 0. The zero-order valence-corrected chi connectivity index (χ0v) is 14.9. The average molecular weight is 317 g/mol. The summed E-state index contributed by atoms with van der Waals surface area (Å²) < 4.78 is 11.9. The fourth-order valence-electron chi connectivity index (χ4n) is 2.53. The van der Waals surface area contributed by atoms with Crippen LogP contribution in [-0.2, 0) is 4.74 Å². The predicted molar refractivity (Wildman–Crippen MR) is 96.7 cm³/mol. The first-order valence-corrected chi connectivity index (χ1v) is 9.08. The molecule has 2 rings (SSSR count). The fourth-order valence-corrected chi connectivity index (χ4v) is 2.53. The minimum atomic E-state index is 0.759. The zero-order valence-electron chi connectivity index (χ0n) is 14.9. The third kappa shape index (κ3) is 5.91. The Bertz CT molecular complexity index is 483. The number of ether oxygens (including phenoxy) is 2. The summed E-state index contributed by atoms with van der Waals surface area (Å²) in [5.41, 5.74) is 2.63. The van der Waals surface area contributed by atoms with Crippen molar-refractivity contribution in [3.8, 4) is 5.75 Å². The molecule has 0 amide bonds. The maximum Gasteiger partial charge on any atom is 0.125 e. The first-order valence-electron chi connectivity index (χ1n) is 9.08. The van der Waals surface area contributed by atoms with E-state index in [1.54, 1.807) is 0 Å². The lowest BCUT2D eigenvalue weighted by molar-refractivity contribution is 0.201. The van der Waals surface area contributed by atoms with Crippen LogP contribution in [0.1, 0.15) is 52.0 Å². The molecule has 3 heteroatoms. The molecular weight excluding hydrogens is 286 g/mol. The van der Waals surface area contributed by atoms with Crippen LogP contribution in [0.3, 0.4) is 0 Å². The monoisotopic (exact) mass is 317 g/mol. The summed E-state index contributed by atoms with van der Waals surface area (Å²) in [4.78, 5) is 2.39. The quantitative estimate of drug-likeness (QED) is 0.435. The molecule has 0 bridgehead atoms. The second kappa shape index (κ2) is 9.61. The molecule has 128 valence electrons. The average Bonchev–Trinajstić information content (AvgIpc) is 3.41. The van der Waals surface area contributed by atoms with Crippen molar-refractivity contribution in [2.24, 2.45) is 0 Å². The highest BCUT2D eigenvalue weighted by Crippen LogP contribution is 2.37. The van der Waals surface area contributed by atoms with Crippen LogP contribution in [0.2, 0.25) is 0 Å². The SMILES string of the molecule is CCCCOc1ccc(C(OCCN(CC)CC)=C2CC2)cc1.